The average molecular weight is 375 g/mol. The van der Waals surface area contributed by atoms with Crippen molar-refractivity contribution in [2.75, 3.05) is 32.2 Å². The zero-order valence-corrected chi connectivity index (χ0v) is 16.0. The van der Waals surface area contributed by atoms with E-state index in [0.29, 0.717) is 12.0 Å². The summed E-state index contributed by atoms with van der Waals surface area (Å²) in [6.07, 6.45) is 0.504. The van der Waals surface area contributed by atoms with Crippen LogP contribution in [-0.2, 0) is 14.3 Å². The number of urea groups is 1. The van der Waals surface area contributed by atoms with E-state index < -0.39 is 24.0 Å². The van der Waals surface area contributed by atoms with Crippen molar-refractivity contribution in [3.63, 3.8) is 0 Å². The molecule has 8 nitrogen and oxygen atoms in total. The van der Waals surface area contributed by atoms with Crippen LogP contribution in [0.1, 0.15) is 30.6 Å². The molecule has 1 aromatic carbocycles. The van der Waals surface area contributed by atoms with Gasteiger partial charge >= 0.3 is 18.0 Å². The Hall–Kier alpha value is -3.03. The zero-order valence-electron chi connectivity index (χ0n) is 16.0. The third kappa shape index (κ3) is 4.99. The van der Waals surface area contributed by atoms with Crippen molar-refractivity contribution in [3.8, 4) is 0 Å². The number of carbonyl (C=O) groups excluding carboxylic acids is 3. The van der Waals surface area contributed by atoms with Crippen LogP contribution >= 0.6 is 0 Å². The number of ether oxygens (including phenoxy) is 2. The summed E-state index contributed by atoms with van der Waals surface area (Å²) >= 11 is 0. The van der Waals surface area contributed by atoms with Gasteiger partial charge in [-0.15, -0.1) is 0 Å². The molecule has 8 heteroatoms. The molecular weight excluding hydrogens is 350 g/mol. The summed E-state index contributed by atoms with van der Waals surface area (Å²) < 4.78 is 10.4. The molecule has 0 aliphatic carbocycles. The monoisotopic (exact) mass is 375 g/mol. The maximum absolute atomic E-state index is 12.4. The lowest BCUT2D eigenvalue weighted by Gasteiger charge is -2.28. The highest BCUT2D eigenvalue weighted by Gasteiger charge is 2.32. The van der Waals surface area contributed by atoms with Gasteiger partial charge in [-0.2, -0.15) is 0 Å². The minimum Gasteiger partial charge on any atom is -0.463 e. The van der Waals surface area contributed by atoms with Gasteiger partial charge in [0.25, 0.3) is 0 Å². The fourth-order valence-electron chi connectivity index (χ4n) is 2.71. The molecule has 0 saturated heterocycles. The van der Waals surface area contributed by atoms with Crippen LogP contribution in [0.25, 0.3) is 0 Å². The highest BCUT2D eigenvalue weighted by atomic mass is 16.5. The van der Waals surface area contributed by atoms with Gasteiger partial charge in [-0.05, 0) is 31.5 Å². The van der Waals surface area contributed by atoms with Gasteiger partial charge in [0, 0.05) is 19.8 Å². The van der Waals surface area contributed by atoms with E-state index in [2.05, 4.69) is 10.6 Å². The molecule has 1 aliphatic heterocycles. The molecule has 1 aromatic rings. The average Bonchev–Trinajstić information content (AvgIpc) is 2.65. The van der Waals surface area contributed by atoms with Crippen LogP contribution < -0.4 is 15.5 Å². The van der Waals surface area contributed by atoms with Gasteiger partial charge in [-0.25, -0.2) is 14.4 Å². The largest absolute Gasteiger partial charge is 0.463 e. The number of rotatable bonds is 7. The summed E-state index contributed by atoms with van der Waals surface area (Å²) in [4.78, 5) is 38.4. The number of nitrogens with one attached hydrogen (secondary N) is 2. The fourth-order valence-corrected chi connectivity index (χ4v) is 2.71. The number of esters is 2. The van der Waals surface area contributed by atoms with E-state index in [1.54, 1.807) is 25.1 Å². The van der Waals surface area contributed by atoms with Crippen molar-refractivity contribution >= 4 is 23.7 Å². The minimum atomic E-state index is -0.546. The number of anilines is 1. The molecule has 0 unspecified atom stereocenters. The number of amides is 2. The first-order valence-corrected chi connectivity index (χ1v) is 8.79. The highest BCUT2D eigenvalue weighted by molar-refractivity contribution is 5.95. The molecule has 27 heavy (non-hydrogen) atoms. The van der Waals surface area contributed by atoms with Gasteiger partial charge in [0.05, 0.1) is 29.5 Å². The summed E-state index contributed by atoms with van der Waals surface area (Å²) in [5.41, 5.74) is 1.75. The molecule has 2 rings (SSSR count). The molecule has 1 aliphatic rings. The Kier molecular flexibility index (Phi) is 6.81. The van der Waals surface area contributed by atoms with E-state index in [1.807, 2.05) is 32.0 Å². The van der Waals surface area contributed by atoms with E-state index >= 15 is 0 Å². The van der Waals surface area contributed by atoms with Gasteiger partial charge < -0.3 is 25.0 Å². The van der Waals surface area contributed by atoms with Crippen LogP contribution in [0.2, 0.25) is 0 Å². The van der Waals surface area contributed by atoms with E-state index in [9.17, 15) is 14.4 Å². The second-order valence-electron chi connectivity index (χ2n) is 6.19. The second-order valence-corrected chi connectivity index (χ2v) is 6.19. The zero-order chi connectivity index (χ0) is 20.0. The van der Waals surface area contributed by atoms with Gasteiger partial charge in [-0.1, -0.05) is 13.0 Å². The molecule has 2 amide bonds. The molecular formula is C19H25N3O5. The highest BCUT2D eigenvalue weighted by Crippen LogP contribution is 2.19. The number of benzene rings is 1. The topological polar surface area (TPSA) is 97.0 Å². The maximum Gasteiger partial charge on any atom is 0.338 e. The molecule has 0 fully saturated rings. The van der Waals surface area contributed by atoms with Crippen LogP contribution in [0, 0.1) is 0 Å². The Labute approximate surface area is 158 Å². The summed E-state index contributed by atoms with van der Waals surface area (Å²) in [5, 5.41) is 5.22. The molecule has 1 atom stereocenters. The standard InChI is InChI=1S/C19H25N3O5/c1-5-14-16(18(24)26-6-2)15(21-19(25)20-14)11-27-17(23)12-8-7-9-13(10-12)22(3)4/h7-10,14H,5-6,11H2,1-4H3,(H2,20,21,25)/t14-/m1/s1. The van der Waals surface area contributed by atoms with Crippen LogP contribution in [0.15, 0.2) is 35.5 Å². The first kappa shape index (κ1) is 20.3. The molecule has 0 saturated carbocycles. The first-order valence-electron chi connectivity index (χ1n) is 8.79. The number of hydrogen-bond acceptors (Lipinski definition) is 6. The molecule has 0 aromatic heterocycles. The van der Waals surface area contributed by atoms with E-state index in [1.165, 1.54) is 0 Å². The molecule has 2 N–H and O–H groups in total. The fraction of sp³-hybridized carbons (Fsp3) is 0.421. The van der Waals surface area contributed by atoms with Gasteiger partial charge in [0.2, 0.25) is 0 Å². The lowest BCUT2D eigenvalue weighted by atomic mass is 10.0. The number of hydrogen-bond donors (Lipinski definition) is 2. The van der Waals surface area contributed by atoms with Crippen molar-refractivity contribution in [1.29, 1.82) is 0 Å². The molecule has 146 valence electrons. The van der Waals surface area contributed by atoms with Gasteiger partial charge in [0.1, 0.15) is 6.61 Å². The van der Waals surface area contributed by atoms with E-state index in [-0.39, 0.29) is 24.5 Å². The normalized spacial score (nSPS) is 16.3. The lowest BCUT2D eigenvalue weighted by Crippen LogP contribution is -2.51. The van der Waals surface area contributed by atoms with Gasteiger partial charge in [0.15, 0.2) is 0 Å². The molecule has 0 bridgehead atoms. The molecule has 1 heterocycles. The summed E-state index contributed by atoms with van der Waals surface area (Å²) in [6.45, 7) is 3.51. The van der Waals surface area contributed by atoms with Crippen molar-refractivity contribution in [2.45, 2.75) is 26.3 Å². The van der Waals surface area contributed by atoms with Crippen LogP contribution in [0.4, 0.5) is 10.5 Å². The SMILES string of the molecule is CCOC(=O)C1=C(COC(=O)c2cccc(N(C)C)c2)NC(=O)N[C@@H]1CC. The third-order valence-electron chi connectivity index (χ3n) is 4.09. The Morgan fingerprint density at radius 3 is 2.52 bits per heavy atom. The Morgan fingerprint density at radius 2 is 1.89 bits per heavy atom. The molecule has 0 spiro atoms. The number of nitrogens with zero attached hydrogens (tertiary/aromatic N) is 1. The predicted octanol–water partition coefficient (Wildman–Crippen LogP) is 1.82. The van der Waals surface area contributed by atoms with Gasteiger partial charge in [-0.3, -0.25) is 0 Å². The van der Waals surface area contributed by atoms with Crippen LogP contribution in [0.3, 0.4) is 0 Å². The maximum atomic E-state index is 12.4. The Bertz CT molecular complexity index is 757. The smallest absolute Gasteiger partial charge is 0.338 e. The summed E-state index contributed by atoms with van der Waals surface area (Å²) in [7, 11) is 3.74. The predicted molar refractivity (Wildman–Crippen MR) is 100 cm³/mol. The van der Waals surface area contributed by atoms with E-state index in [0.717, 1.165) is 5.69 Å². The Balaban J connectivity index is 2.21. The summed E-state index contributed by atoms with van der Waals surface area (Å²) in [6, 6.07) is 6.04. The second kappa shape index (κ2) is 9.07. The van der Waals surface area contributed by atoms with Crippen LogP contribution in [0.5, 0.6) is 0 Å². The third-order valence-corrected chi connectivity index (χ3v) is 4.09. The van der Waals surface area contributed by atoms with E-state index in [4.69, 9.17) is 9.47 Å². The first-order chi connectivity index (χ1) is 12.9. The quantitative estimate of drug-likeness (QED) is 0.706. The van der Waals surface area contributed by atoms with Crippen molar-refractivity contribution in [2.24, 2.45) is 0 Å². The van der Waals surface area contributed by atoms with Crippen molar-refractivity contribution < 1.29 is 23.9 Å². The van der Waals surface area contributed by atoms with Crippen LogP contribution in [-0.4, -0.2) is 51.3 Å². The molecule has 0 radical (unpaired) electrons. The summed E-state index contributed by atoms with van der Waals surface area (Å²) in [5.74, 6) is -1.09. The lowest BCUT2D eigenvalue weighted by molar-refractivity contribution is -0.139. The Morgan fingerprint density at radius 1 is 1.15 bits per heavy atom. The minimum absolute atomic E-state index is 0.205. The number of carbonyl (C=O) groups is 3. The van der Waals surface area contributed by atoms with Crippen molar-refractivity contribution in [1.82, 2.24) is 10.6 Å². The van der Waals surface area contributed by atoms with Crippen molar-refractivity contribution in [3.05, 3.63) is 41.1 Å².